The van der Waals surface area contributed by atoms with E-state index in [0.717, 1.165) is 41.8 Å². The number of amides is 1. The van der Waals surface area contributed by atoms with Crippen LogP contribution in [0.2, 0.25) is 0 Å². The Morgan fingerprint density at radius 2 is 1.89 bits per heavy atom. The molecule has 1 heterocycles. The Morgan fingerprint density at radius 3 is 2.63 bits per heavy atom. The summed E-state index contributed by atoms with van der Waals surface area (Å²) >= 11 is 0. The number of hydrogen-bond donors (Lipinski definition) is 1. The third-order valence-electron chi connectivity index (χ3n) is 4.62. The maximum atomic E-state index is 12.3. The number of unbranched alkanes of at least 4 members (excludes halogenated alkanes) is 1. The molecule has 5 nitrogen and oxygen atoms in total. The molecule has 1 N–H and O–H groups in total. The number of nitrogens with zero attached hydrogens (tertiary/aromatic N) is 2. The van der Waals surface area contributed by atoms with Crippen LogP contribution in [-0.2, 0) is 22.5 Å². The molecule has 0 fully saturated rings. The molecule has 0 bridgehead atoms. The minimum Gasteiger partial charge on any atom is -0.375 e. The lowest BCUT2D eigenvalue weighted by atomic mass is 10.1. The molecule has 2 aromatic carbocycles. The predicted molar refractivity (Wildman–Crippen MR) is 108 cm³/mol. The number of aromatic nitrogens is 2. The average Bonchev–Trinajstić information content (AvgIpc) is 3.05. The van der Waals surface area contributed by atoms with Gasteiger partial charge in [-0.2, -0.15) is 0 Å². The topological polar surface area (TPSA) is 56.2 Å². The number of para-hydroxylation sites is 2. The second-order valence-electron chi connectivity index (χ2n) is 6.71. The third-order valence-corrected chi connectivity index (χ3v) is 4.62. The number of imidazole rings is 1. The van der Waals surface area contributed by atoms with Gasteiger partial charge in [-0.25, -0.2) is 4.98 Å². The summed E-state index contributed by atoms with van der Waals surface area (Å²) in [6.45, 7) is 3.11. The van der Waals surface area contributed by atoms with E-state index in [1.165, 1.54) is 7.11 Å². The highest BCUT2D eigenvalue weighted by molar-refractivity contribution is 5.79. The zero-order chi connectivity index (χ0) is 19.1. The molecular formula is C22H27N3O2. The number of carbonyl (C=O) groups is 1. The van der Waals surface area contributed by atoms with Crippen LogP contribution in [0.5, 0.6) is 0 Å². The number of aryl methyl sites for hydroxylation is 1. The fourth-order valence-corrected chi connectivity index (χ4v) is 3.34. The first kappa shape index (κ1) is 19.1. The van der Waals surface area contributed by atoms with Gasteiger partial charge in [0.05, 0.1) is 17.1 Å². The molecule has 0 aliphatic rings. The van der Waals surface area contributed by atoms with Gasteiger partial charge in [0.2, 0.25) is 5.91 Å². The number of benzene rings is 2. The SMILES string of the molecule is CCCCn1c([C@@H](Cc2ccccc2)NC(=O)COC)nc2ccccc21. The number of fused-ring (bicyclic) bond motifs is 1. The van der Waals surface area contributed by atoms with E-state index in [1.54, 1.807) is 0 Å². The van der Waals surface area contributed by atoms with Crippen LogP contribution in [0.3, 0.4) is 0 Å². The van der Waals surface area contributed by atoms with Gasteiger partial charge in [-0.15, -0.1) is 0 Å². The summed E-state index contributed by atoms with van der Waals surface area (Å²) in [5, 5.41) is 3.11. The molecule has 1 atom stereocenters. The van der Waals surface area contributed by atoms with Gasteiger partial charge >= 0.3 is 0 Å². The van der Waals surface area contributed by atoms with Crippen molar-refractivity contribution in [2.75, 3.05) is 13.7 Å². The minimum absolute atomic E-state index is 0.0421. The Labute approximate surface area is 160 Å². The predicted octanol–water partition coefficient (Wildman–Crippen LogP) is 3.88. The molecule has 0 radical (unpaired) electrons. The Hall–Kier alpha value is -2.66. The molecule has 3 rings (SSSR count). The van der Waals surface area contributed by atoms with E-state index in [4.69, 9.17) is 9.72 Å². The maximum absolute atomic E-state index is 12.3. The summed E-state index contributed by atoms with van der Waals surface area (Å²) in [5.41, 5.74) is 3.23. The molecule has 142 valence electrons. The van der Waals surface area contributed by atoms with Crippen LogP contribution in [0.1, 0.15) is 37.2 Å². The molecule has 0 aliphatic heterocycles. The van der Waals surface area contributed by atoms with Crippen LogP contribution in [0.25, 0.3) is 11.0 Å². The second-order valence-corrected chi connectivity index (χ2v) is 6.71. The normalized spacial score (nSPS) is 12.2. The van der Waals surface area contributed by atoms with Gasteiger partial charge in [-0.3, -0.25) is 4.79 Å². The molecule has 1 amide bonds. The molecule has 0 aliphatic carbocycles. The van der Waals surface area contributed by atoms with E-state index in [0.29, 0.717) is 6.42 Å². The number of methoxy groups -OCH3 is 1. The van der Waals surface area contributed by atoms with Crippen LogP contribution < -0.4 is 5.32 Å². The Morgan fingerprint density at radius 1 is 1.15 bits per heavy atom. The standard InChI is InChI=1S/C22H27N3O2/c1-3-4-14-25-20-13-9-8-12-18(20)24-22(25)19(23-21(26)16-27-2)15-17-10-6-5-7-11-17/h5-13,19H,3-4,14-16H2,1-2H3,(H,23,26)/t19-/m1/s1. The molecular weight excluding hydrogens is 338 g/mol. The molecule has 0 spiro atoms. The van der Waals surface area contributed by atoms with E-state index in [2.05, 4.69) is 35.0 Å². The average molecular weight is 365 g/mol. The van der Waals surface area contributed by atoms with Crippen molar-refractivity contribution in [2.45, 2.75) is 38.8 Å². The largest absolute Gasteiger partial charge is 0.375 e. The number of hydrogen-bond acceptors (Lipinski definition) is 3. The van der Waals surface area contributed by atoms with Gasteiger partial charge in [0.25, 0.3) is 0 Å². The molecule has 27 heavy (non-hydrogen) atoms. The summed E-state index contributed by atoms with van der Waals surface area (Å²) in [5.74, 6) is 0.769. The highest BCUT2D eigenvalue weighted by Crippen LogP contribution is 2.24. The van der Waals surface area contributed by atoms with Gasteiger partial charge in [0, 0.05) is 13.7 Å². The molecule has 0 saturated heterocycles. The van der Waals surface area contributed by atoms with E-state index in [-0.39, 0.29) is 18.6 Å². The number of rotatable bonds is 9. The molecule has 5 heteroatoms. The Balaban J connectivity index is 2.00. The maximum Gasteiger partial charge on any atom is 0.246 e. The lowest BCUT2D eigenvalue weighted by Gasteiger charge is -2.20. The van der Waals surface area contributed by atoms with Crippen molar-refractivity contribution in [3.63, 3.8) is 0 Å². The highest BCUT2D eigenvalue weighted by Gasteiger charge is 2.22. The van der Waals surface area contributed by atoms with Crippen LogP contribution in [-0.4, -0.2) is 29.2 Å². The van der Waals surface area contributed by atoms with Crippen LogP contribution in [0.15, 0.2) is 54.6 Å². The van der Waals surface area contributed by atoms with Crippen molar-refractivity contribution in [3.8, 4) is 0 Å². The smallest absolute Gasteiger partial charge is 0.246 e. The summed E-state index contributed by atoms with van der Waals surface area (Å²) in [6, 6.07) is 18.1. The fraction of sp³-hybridized carbons (Fsp3) is 0.364. The van der Waals surface area contributed by atoms with Crippen molar-refractivity contribution < 1.29 is 9.53 Å². The van der Waals surface area contributed by atoms with Gasteiger partial charge < -0.3 is 14.6 Å². The van der Waals surface area contributed by atoms with Gasteiger partial charge in [0.15, 0.2) is 0 Å². The summed E-state index contributed by atoms with van der Waals surface area (Å²) in [7, 11) is 1.53. The van der Waals surface area contributed by atoms with Crippen molar-refractivity contribution in [2.24, 2.45) is 0 Å². The zero-order valence-corrected chi connectivity index (χ0v) is 16.0. The Bertz CT molecular complexity index is 874. The monoisotopic (exact) mass is 365 g/mol. The highest BCUT2D eigenvalue weighted by atomic mass is 16.5. The first-order valence-corrected chi connectivity index (χ1v) is 9.50. The quantitative estimate of drug-likeness (QED) is 0.626. The van der Waals surface area contributed by atoms with Crippen LogP contribution >= 0.6 is 0 Å². The minimum atomic E-state index is -0.209. The number of ether oxygens (including phenoxy) is 1. The first-order chi connectivity index (χ1) is 13.2. The lowest BCUT2D eigenvalue weighted by Crippen LogP contribution is -2.34. The van der Waals surface area contributed by atoms with Crippen molar-refractivity contribution in [1.82, 2.24) is 14.9 Å². The third kappa shape index (κ3) is 4.74. The van der Waals surface area contributed by atoms with Gasteiger partial charge in [-0.05, 0) is 30.5 Å². The molecule has 1 aromatic heterocycles. The first-order valence-electron chi connectivity index (χ1n) is 9.50. The van der Waals surface area contributed by atoms with Gasteiger partial charge in [0.1, 0.15) is 12.4 Å². The molecule has 3 aromatic rings. The van der Waals surface area contributed by atoms with Crippen molar-refractivity contribution in [1.29, 1.82) is 0 Å². The van der Waals surface area contributed by atoms with Crippen LogP contribution in [0, 0.1) is 0 Å². The number of nitrogens with one attached hydrogen (secondary N) is 1. The number of carbonyl (C=O) groups excluding carboxylic acids is 1. The summed E-state index contributed by atoms with van der Waals surface area (Å²) < 4.78 is 7.25. The Kier molecular flexibility index (Phi) is 6.60. The molecule has 0 unspecified atom stereocenters. The second kappa shape index (κ2) is 9.33. The van der Waals surface area contributed by atoms with Crippen LogP contribution in [0.4, 0.5) is 0 Å². The van der Waals surface area contributed by atoms with E-state index < -0.39 is 0 Å². The van der Waals surface area contributed by atoms with Crippen molar-refractivity contribution >= 4 is 16.9 Å². The van der Waals surface area contributed by atoms with E-state index >= 15 is 0 Å². The van der Waals surface area contributed by atoms with E-state index in [9.17, 15) is 4.79 Å². The molecule has 0 saturated carbocycles. The lowest BCUT2D eigenvalue weighted by molar-refractivity contribution is -0.125. The zero-order valence-electron chi connectivity index (χ0n) is 16.0. The fourth-order valence-electron chi connectivity index (χ4n) is 3.34. The van der Waals surface area contributed by atoms with Gasteiger partial charge in [-0.1, -0.05) is 55.8 Å². The van der Waals surface area contributed by atoms with Crippen molar-refractivity contribution in [3.05, 3.63) is 66.0 Å². The summed E-state index contributed by atoms with van der Waals surface area (Å²) in [6.07, 6.45) is 2.86. The summed E-state index contributed by atoms with van der Waals surface area (Å²) in [4.78, 5) is 17.2. The van der Waals surface area contributed by atoms with E-state index in [1.807, 2.05) is 36.4 Å².